The first-order valence-electron chi connectivity index (χ1n) is 11.5. The highest BCUT2D eigenvalue weighted by Crippen LogP contribution is 2.41. The summed E-state index contributed by atoms with van der Waals surface area (Å²) < 4.78 is 29.3. The molecule has 7 nitrogen and oxygen atoms in total. The second-order valence-corrected chi connectivity index (χ2v) is 10.3. The molecule has 36 heavy (non-hydrogen) atoms. The summed E-state index contributed by atoms with van der Waals surface area (Å²) in [7, 11) is 0. The first-order valence-corrected chi connectivity index (χ1v) is 12.3. The maximum Gasteiger partial charge on any atom is 0.310 e. The number of aromatic nitrogens is 3. The summed E-state index contributed by atoms with van der Waals surface area (Å²) in [6, 6.07) is 6.40. The van der Waals surface area contributed by atoms with Gasteiger partial charge in [-0.25, -0.2) is 13.8 Å². The van der Waals surface area contributed by atoms with Crippen molar-refractivity contribution in [1.82, 2.24) is 20.1 Å². The van der Waals surface area contributed by atoms with Crippen molar-refractivity contribution in [1.29, 1.82) is 0 Å². The molecule has 1 aliphatic heterocycles. The Hall–Kier alpha value is -2.75. The molecule has 0 amide bonds. The Kier molecular flexibility index (Phi) is 7.54. The van der Waals surface area contributed by atoms with Crippen molar-refractivity contribution < 1.29 is 18.7 Å². The molecule has 0 spiro atoms. The molecular weight excluding hydrogens is 511 g/mol. The van der Waals surface area contributed by atoms with Gasteiger partial charge in [0.1, 0.15) is 5.82 Å². The number of carbonyl (C=O) groups is 1. The van der Waals surface area contributed by atoms with Crippen LogP contribution in [0.15, 0.2) is 24.3 Å². The van der Waals surface area contributed by atoms with Crippen LogP contribution in [0.2, 0.25) is 10.0 Å². The lowest BCUT2D eigenvalue weighted by molar-refractivity contribution is -0.153. The van der Waals surface area contributed by atoms with E-state index in [9.17, 15) is 18.7 Å². The molecule has 2 atom stereocenters. The first kappa shape index (κ1) is 26.3. The third kappa shape index (κ3) is 5.19. The summed E-state index contributed by atoms with van der Waals surface area (Å²) in [5, 5.41) is 19.8. The van der Waals surface area contributed by atoms with Gasteiger partial charge in [0.05, 0.1) is 15.5 Å². The second kappa shape index (κ2) is 10.3. The van der Waals surface area contributed by atoms with Crippen LogP contribution in [0.5, 0.6) is 0 Å². The third-order valence-corrected chi connectivity index (χ3v) is 7.65. The molecule has 4 rings (SSSR count). The molecule has 11 heteroatoms. The Labute approximate surface area is 217 Å². The lowest BCUT2D eigenvalue weighted by atomic mass is 9.71. The molecular formula is C25H27Cl2F2N5O2. The average Bonchev–Trinajstić information content (AvgIpc) is 3.24. The summed E-state index contributed by atoms with van der Waals surface area (Å²) in [6.45, 7) is 6.11. The molecule has 1 aromatic carbocycles. The van der Waals surface area contributed by atoms with Crippen molar-refractivity contribution in [2.45, 2.75) is 52.6 Å². The number of pyridine rings is 1. The molecule has 1 aliphatic rings. The van der Waals surface area contributed by atoms with Gasteiger partial charge in [0.15, 0.2) is 17.5 Å². The van der Waals surface area contributed by atoms with Crippen LogP contribution >= 0.6 is 23.2 Å². The van der Waals surface area contributed by atoms with Crippen LogP contribution < -0.4 is 5.32 Å². The van der Waals surface area contributed by atoms with Crippen LogP contribution in [0.4, 0.5) is 20.4 Å². The molecule has 2 aromatic heterocycles. The largest absolute Gasteiger partial charge is 0.481 e. The van der Waals surface area contributed by atoms with Crippen molar-refractivity contribution in [3.8, 4) is 0 Å². The number of carboxylic acids is 1. The van der Waals surface area contributed by atoms with Gasteiger partial charge >= 0.3 is 5.97 Å². The first-order chi connectivity index (χ1) is 17.0. The summed E-state index contributed by atoms with van der Waals surface area (Å²) in [5.41, 5.74) is 0.903. The molecule has 0 bridgehead atoms. The number of hydrogen-bond donors (Lipinski definition) is 3. The number of H-pyrrole nitrogens is 1. The molecule has 192 valence electrons. The van der Waals surface area contributed by atoms with E-state index in [0.717, 1.165) is 5.69 Å². The van der Waals surface area contributed by atoms with Gasteiger partial charge in [0.2, 0.25) is 0 Å². The molecule has 1 saturated heterocycles. The number of likely N-dealkylation sites (tertiary alicyclic amines) is 1. The number of carboxylic acid groups (broad SMARTS) is 1. The van der Waals surface area contributed by atoms with Crippen LogP contribution in [0.25, 0.3) is 0 Å². The van der Waals surface area contributed by atoms with Gasteiger partial charge in [-0.15, -0.1) is 0 Å². The van der Waals surface area contributed by atoms with Crippen molar-refractivity contribution >= 4 is 40.8 Å². The fourth-order valence-electron chi connectivity index (χ4n) is 4.77. The Morgan fingerprint density at radius 3 is 2.69 bits per heavy atom. The van der Waals surface area contributed by atoms with E-state index in [4.69, 9.17) is 23.2 Å². The van der Waals surface area contributed by atoms with Crippen molar-refractivity contribution in [3.63, 3.8) is 0 Å². The van der Waals surface area contributed by atoms with E-state index in [1.165, 1.54) is 6.07 Å². The highest BCUT2D eigenvalue weighted by Gasteiger charge is 2.45. The SMILES string of the molecule is Cc1cc(Nc2nc(C[C@@]3(C(=O)O)CCN(Cc4cccc(Cl)c4F)[C@H](C)C3)c(C)c(Cl)c2F)n[nH]1. The lowest BCUT2D eigenvalue weighted by Gasteiger charge is -2.43. The van der Waals surface area contributed by atoms with Crippen LogP contribution in [-0.2, 0) is 17.8 Å². The Balaban J connectivity index is 1.58. The average molecular weight is 538 g/mol. The highest BCUT2D eigenvalue weighted by molar-refractivity contribution is 6.31. The molecule has 3 N–H and O–H groups in total. The molecule has 3 aromatic rings. The number of aryl methyl sites for hydroxylation is 1. The summed E-state index contributed by atoms with van der Waals surface area (Å²) >= 11 is 12.2. The fourth-order valence-corrected chi connectivity index (χ4v) is 5.16. The van der Waals surface area contributed by atoms with Crippen molar-refractivity contribution in [2.75, 3.05) is 11.9 Å². The van der Waals surface area contributed by atoms with Gasteiger partial charge in [0, 0.05) is 42.0 Å². The number of aromatic amines is 1. The van der Waals surface area contributed by atoms with Gasteiger partial charge in [-0.1, -0.05) is 35.3 Å². The van der Waals surface area contributed by atoms with Gasteiger partial charge in [-0.2, -0.15) is 5.10 Å². The number of benzene rings is 1. The van der Waals surface area contributed by atoms with Crippen LogP contribution in [-0.4, -0.2) is 43.7 Å². The van der Waals surface area contributed by atoms with E-state index in [1.807, 2.05) is 11.8 Å². The Morgan fingerprint density at radius 1 is 1.31 bits per heavy atom. The molecule has 0 radical (unpaired) electrons. The smallest absolute Gasteiger partial charge is 0.310 e. The zero-order valence-corrected chi connectivity index (χ0v) is 21.6. The van der Waals surface area contributed by atoms with Crippen LogP contribution in [0.1, 0.15) is 42.3 Å². The third-order valence-electron chi connectivity index (χ3n) is 6.91. The van der Waals surface area contributed by atoms with E-state index in [-0.39, 0.29) is 28.3 Å². The Bertz CT molecular complexity index is 1300. The van der Waals surface area contributed by atoms with E-state index in [1.54, 1.807) is 32.0 Å². The lowest BCUT2D eigenvalue weighted by Crippen LogP contribution is -2.50. The highest BCUT2D eigenvalue weighted by atomic mass is 35.5. The Morgan fingerprint density at radius 2 is 2.06 bits per heavy atom. The fraction of sp³-hybridized carbons (Fsp3) is 0.400. The maximum atomic E-state index is 14.9. The normalized spacial score (nSPS) is 20.5. The predicted octanol–water partition coefficient (Wildman–Crippen LogP) is 6.05. The molecule has 3 heterocycles. The maximum absolute atomic E-state index is 14.9. The minimum Gasteiger partial charge on any atom is -0.481 e. The molecule has 0 saturated carbocycles. The quantitative estimate of drug-likeness (QED) is 0.339. The van der Waals surface area contributed by atoms with E-state index < -0.39 is 23.0 Å². The monoisotopic (exact) mass is 537 g/mol. The summed E-state index contributed by atoms with van der Waals surface area (Å²) in [5.74, 6) is -1.89. The van der Waals surface area contributed by atoms with Gasteiger partial charge in [-0.05, 0) is 51.8 Å². The number of nitrogens with zero attached hydrogens (tertiary/aromatic N) is 3. The number of aliphatic carboxylic acids is 1. The summed E-state index contributed by atoms with van der Waals surface area (Å²) in [6.07, 6.45) is 0.695. The van der Waals surface area contributed by atoms with Gasteiger partial charge in [-0.3, -0.25) is 14.8 Å². The number of rotatable bonds is 7. The van der Waals surface area contributed by atoms with Crippen LogP contribution in [0.3, 0.4) is 0 Å². The van der Waals surface area contributed by atoms with E-state index >= 15 is 0 Å². The van der Waals surface area contributed by atoms with Crippen LogP contribution in [0, 0.1) is 30.9 Å². The second-order valence-electron chi connectivity index (χ2n) is 9.47. The van der Waals surface area contributed by atoms with Crippen molar-refractivity contribution in [2.24, 2.45) is 5.41 Å². The van der Waals surface area contributed by atoms with Crippen molar-refractivity contribution in [3.05, 3.63) is 68.5 Å². The van der Waals surface area contributed by atoms with Gasteiger partial charge in [0.25, 0.3) is 0 Å². The minimum absolute atomic E-state index is 0.0567. The summed E-state index contributed by atoms with van der Waals surface area (Å²) in [4.78, 5) is 19.0. The van der Waals surface area contributed by atoms with Gasteiger partial charge < -0.3 is 10.4 Å². The zero-order valence-electron chi connectivity index (χ0n) is 20.1. The number of halogens is 4. The number of nitrogens with one attached hydrogen (secondary N) is 2. The molecule has 1 fully saturated rings. The van der Waals surface area contributed by atoms with E-state index in [2.05, 4.69) is 20.5 Å². The topological polar surface area (TPSA) is 94.1 Å². The molecule has 0 aliphatic carbocycles. The predicted molar refractivity (Wildman–Crippen MR) is 135 cm³/mol. The standard InChI is InChI=1S/C25H27Cl2F2N5O2/c1-13-9-19(33-32-13)31-23-22(29)20(27)15(3)18(30-23)11-25(24(35)36)7-8-34(14(2)10-25)12-16-5-4-6-17(26)21(16)28/h4-6,9,14H,7-8,10-12H2,1-3H3,(H,35,36)(H2,30,31,32,33)/t14-,25-/m1/s1. The van der Waals surface area contributed by atoms with E-state index in [0.29, 0.717) is 48.6 Å². The minimum atomic E-state index is -1.14. The molecule has 0 unspecified atom stereocenters. The zero-order chi connectivity index (χ0) is 26.2. The number of hydrogen-bond acceptors (Lipinski definition) is 5. The number of piperidine rings is 1. The number of anilines is 2.